The first-order valence-corrected chi connectivity index (χ1v) is 5.20. The molecule has 0 aliphatic carbocycles. The Bertz CT molecular complexity index is 289. The van der Waals surface area contributed by atoms with Crippen LogP contribution in [0.15, 0.2) is 18.2 Å². The number of ether oxygens (including phenoxy) is 1. The fourth-order valence-electron chi connectivity index (χ4n) is 1.20. The minimum atomic E-state index is 0.725. The molecular weight excluding hydrogens is 198 g/mol. The van der Waals surface area contributed by atoms with Crippen LogP contribution in [0.2, 0.25) is 5.02 Å². The third kappa shape index (κ3) is 3.20. The lowest BCUT2D eigenvalue weighted by Crippen LogP contribution is -2.09. The Kier molecular flexibility index (Phi) is 4.77. The Morgan fingerprint density at radius 1 is 1.43 bits per heavy atom. The van der Waals surface area contributed by atoms with E-state index in [1.807, 2.05) is 32.0 Å². The minimum absolute atomic E-state index is 0.725. The third-order valence-electron chi connectivity index (χ3n) is 2.03. The molecule has 0 radical (unpaired) electrons. The molecule has 1 N–H and O–H groups in total. The van der Waals surface area contributed by atoms with E-state index in [4.69, 9.17) is 16.3 Å². The van der Waals surface area contributed by atoms with Crippen molar-refractivity contribution in [1.82, 2.24) is 0 Å². The van der Waals surface area contributed by atoms with Gasteiger partial charge >= 0.3 is 0 Å². The molecule has 2 nitrogen and oxygen atoms in total. The second-order valence-electron chi connectivity index (χ2n) is 3.04. The van der Waals surface area contributed by atoms with Gasteiger partial charge in [0, 0.05) is 23.9 Å². The van der Waals surface area contributed by atoms with Gasteiger partial charge in [-0.05, 0) is 31.5 Å². The first-order valence-electron chi connectivity index (χ1n) is 4.82. The molecule has 0 fully saturated rings. The zero-order valence-electron chi connectivity index (χ0n) is 8.64. The summed E-state index contributed by atoms with van der Waals surface area (Å²) in [7, 11) is 0. The molecule has 78 valence electrons. The van der Waals surface area contributed by atoms with Crippen LogP contribution in [0.5, 0.6) is 0 Å². The number of benzene rings is 1. The average molecular weight is 214 g/mol. The van der Waals surface area contributed by atoms with E-state index < -0.39 is 0 Å². The first-order chi connectivity index (χ1) is 6.75. The minimum Gasteiger partial charge on any atom is -0.382 e. The van der Waals surface area contributed by atoms with Crippen molar-refractivity contribution in [3.05, 3.63) is 28.8 Å². The van der Waals surface area contributed by atoms with Gasteiger partial charge in [0.25, 0.3) is 0 Å². The van der Waals surface area contributed by atoms with E-state index in [0.29, 0.717) is 0 Å². The van der Waals surface area contributed by atoms with Gasteiger partial charge in [0.15, 0.2) is 0 Å². The summed E-state index contributed by atoms with van der Waals surface area (Å²) in [6, 6.07) is 5.86. The number of rotatable bonds is 5. The Labute approximate surface area is 90.2 Å². The van der Waals surface area contributed by atoms with E-state index in [-0.39, 0.29) is 0 Å². The smallest absolute Gasteiger partial charge is 0.0638 e. The SMILES string of the molecule is CCOCCNc1cccc(Cl)c1C. The molecule has 3 heteroatoms. The van der Waals surface area contributed by atoms with Gasteiger partial charge in [-0.25, -0.2) is 0 Å². The molecule has 1 aromatic rings. The monoisotopic (exact) mass is 213 g/mol. The molecule has 0 saturated heterocycles. The summed E-state index contributed by atoms with van der Waals surface area (Å²) in [6.07, 6.45) is 0. The van der Waals surface area contributed by atoms with Crippen molar-refractivity contribution in [3.8, 4) is 0 Å². The van der Waals surface area contributed by atoms with E-state index in [0.717, 1.165) is 36.0 Å². The van der Waals surface area contributed by atoms with Crippen LogP contribution in [0.25, 0.3) is 0 Å². The molecule has 0 unspecified atom stereocenters. The fraction of sp³-hybridized carbons (Fsp3) is 0.455. The number of nitrogens with one attached hydrogen (secondary N) is 1. The summed E-state index contributed by atoms with van der Waals surface area (Å²) in [5, 5.41) is 4.08. The number of hydrogen-bond donors (Lipinski definition) is 1. The van der Waals surface area contributed by atoms with Crippen molar-refractivity contribution in [2.45, 2.75) is 13.8 Å². The first kappa shape index (κ1) is 11.3. The normalized spacial score (nSPS) is 10.2. The highest BCUT2D eigenvalue weighted by Crippen LogP contribution is 2.22. The molecule has 0 amide bonds. The molecular formula is C11H16ClNO. The van der Waals surface area contributed by atoms with Gasteiger partial charge in [0.1, 0.15) is 0 Å². The van der Waals surface area contributed by atoms with E-state index in [2.05, 4.69) is 5.32 Å². The van der Waals surface area contributed by atoms with Gasteiger partial charge in [0.2, 0.25) is 0 Å². The quantitative estimate of drug-likeness (QED) is 0.759. The second-order valence-corrected chi connectivity index (χ2v) is 3.44. The maximum absolute atomic E-state index is 5.98. The molecule has 0 aromatic heterocycles. The van der Waals surface area contributed by atoms with Crippen LogP contribution in [-0.2, 0) is 4.74 Å². The summed E-state index contributed by atoms with van der Waals surface area (Å²) >= 11 is 5.98. The summed E-state index contributed by atoms with van der Waals surface area (Å²) in [4.78, 5) is 0. The van der Waals surface area contributed by atoms with Gasteiger partial charge in [-0.15, -0.1) is 0 Å². The molecule has 14 heavy (non-hydrogen) atoms. The lowest BCUT2D eigenvalue weighted by Gasteiger charge is -2.10. The van der Waals surface area contributed by atoms with Crippen LogP contribution in [0.3, 0.4) is 0 Å². The van der Waals surface area contributed by atoms with E-state index in [9.17, 15) is 0 Å². The number of hydrogen-bond acceptors (Lipinski definition) is 2. The summed E-state index contributed by atoms with van der Waals surface area (Å²) < 4.78 is 5.23. The topological polar surface area (TPSA) is 21.3 Å². The molecule has 0 atom stereocenters. The maximum atomic E-state index is 5.98. The Morgan fingerprint density at radius 2 is 2.21 bits per heavy atom. The number of halogens is 1. The van der Waals surface area contributed by atoms with Crippen molar-refractivity contribution >= 4 is 17.3 Å². The third-order valence-corrected chi connectivity index (χ3v) is 2.44. The Hall–Kier alpha value is -0.730. The van der Waals surface area contributed by atoms with Gasteiger partial charge in [-0.3, -0.25) is 0 Å². The van der Waals surface area contributed by atoms with Crippen molar-refractivity contribution in [2.24, 2.45) is 0 Å². The summed E-state index contributed by atoms with van der Waals surface area (Å²) in [5.74, 6) is 0. The predicted octanol–water partition coefficient (Wildman–Crippen LogP) is 3.10. The van der Waals surface area contributed by atoms with Crippen molar-refractivity contribution in [1.29, 1.82) is 0 Å². The highest BCUT2D eigenvalue weighted by Gasteiger charge is 2.00. The lowest BCUT2D eigenvalue weighted by molar-refractivity contribution is 0.158. The molecule has 0 saturated carbocycles. The molecule has 0 bridgehead atoms. The fourth-order valence-corrected chi connectivity index (χ4v) is 1.38. The molecule has 0 aliphatic heterocycles. The predicted molar refractivity (Wildman–Crippen MR) is 61.2 cm³/mol. The molecule has 0 spiro atoms. The van der Waals surface area contributed by atoms with Crippen LogP contribution >= 0.6 is 11.6 Å². The average Bonchev–Trinajstić information content (AvgIpc) is 2.19. The van der Waals surface area contributed by atoms with Gasteiger partial charge in [-0.2, -0.15) is 0 Å². The summed E-state index contributed by atoms with van der Waals surface area (Å²) in [5.41, 5.74) is 2.17. The van der Waals surface area contributed by atoms with Crippen molar-refractivity contribution in [2.75, 3.05) is 25.1 Å². The summed E-state index contributed by atoms with van der Waals surface area (Å²) in [6.45, 7) is 6.30. The molecule has 0 heterocycles. The van der Waals surface area contributed by atoms with Crippen LogP contribution in [0.4, 0.5) is 5.69 Å². The van der Waals surface area contributed by atoms with Crippen LogP contribution in [0.1, 0.15) is 12.5 Å². The lowest BCUT2D eigenvalue weighted by atomic mass is 10.2. The van der Waals surface area contributed by atoms with Gasteiger partial charge < -0.3 is 10.1 Å². The number of anilines is 1. The zero-order chi connectivity index (χ0) is 10.4. The van der Waals surface area contributed by atoms with Crippen molar-refractivity contribution in [3.63, 3.8) is 0 Å². The van der Waals surface area contributed by atoms with Gasteiger partial charge in [-0.1, -0.05) is 17.7 Å². The van der Waals surface area contributed by atoms with Crippen molar-refractivity contribution < 1.29 is 4.74 Å². The Balaban J connectivity index is 2.46. The van der Waals surface area contributed by atoms with Gasteiger partial charge in [0.05, 0.1) is 6.61 Å². The van der Waals surface area contributed by atoms with E-state index >= 15 is 0 Å². The van der Waals surface area contributed by atoms with Crippen LogP contribution in [0, 0.1) is 6.92 Å². The highest BCUT2D eigenvalue weighted by molar-refractivity contribution is 6.31. The Morgan fingerprint density at radius 3 is 2.93 bits per heavy atom. The molecule has 1 aromatic carbocycles. The second kappa shape index (κ2) is 5.89. The van der Waals surface area contributed by atoms with E-state index in [1.165, 1.54) is 0 Å². The standard InChI is InChI=1S/C11H16ClNO/c1-3-14-8-7-13-11-6-4-5-10(12)9(11)2/h4-6,13H,3,7-8H2,1-2H3. The van der Waals surface area contributed by atoms with Crippen LogP contribution < -0.4 is 5.32 Å². The highest BCUT2D eigenvalue weighted by atomic mass is 35.5. The largest absolute Gasteiger partial charge is 0.382 e. The zero-order valence-corrected chi connectivity index (χ0v) is 9.40. The molecule has 1 rings (SSSR count). The maximum Gasteiger partial charge on any atom is 0.0638 e. The van der Waals surface area contributed by atoms with E-state index in [1.54, 1.807) is 0 Å². The molecule has 0 aliphatic rings. The van der Waals surface area contributed by atoms with Crippen LogP contribution in [-0.4, -0.2) is 19.8 Å².